The molecule has 0 unspecified atom stereocenters. The Labute approximate surface area is 150 Å². The third kappa shape index (κ3) is 3.46. The first-order valence-corrected chi connectivity index (χ1v) is 8.21. The van der Waals surface area contributed by atoms with Crippen LogP contribution in [0.25, 0.3) is 0 Å². The first kappa shape index (κ1) is 17.7. The highest BCUT2D eigenvalue weighted by Crippen LogP contribution is 2.39. The van der Waals surface area contributed by atoms with Crippen molar-refractivity contribution in [3.8, 4) is 11.5 Å². The summed E-state index contributed by atoms with van der Waals surface area (Å²) < 4.78 is 12.2. The van der Waals surface area contributed by atoms with Crippen LogP contribution in [0.15, 0.2) is 30.7 Å². The molecule has 0 radical (unpaired) electrons. The molecule has 1 aliphatic heterocycles. The third-order valence-electron chi connectivity index (χ3n) is 4.49. The first-order chi connectivity index (χ1) is 12.5. The quantitative estimate of drug-likeness (QED) is 0.578. The van der Waals surface area contributed by atoms with Gasteiger partial charge in [-0.3, -0.25) is 4.79 Å². The molecule has 0 N–H and O–H groups in total. The van der Waals surface area contributed by atoms with Crippen LogP contribution in [-0.2, 0) is 11.3 Å². The Morgan fingerprint density at radius 2 is 2.19 bits per heavy atom. The van der Waals surface area contributed by atoms with Crippen LogP contribution in [0.3, 0.4) is 0 Å². The van der Waals surface area contributed by atoms with E-state index in [0.717, 1.165) is 18.4 Å². The number of imidazole rings is 1. The van der Waals surface area contributed by atoms with Crippen molar-refractivity contribution in [1.82, 2.24) is 14.5 Å². The number of likely N-dealkylation sites (tertiary alicyclic amines) is 1. The molecule has 1 fully saturated rings. The monoisotopic (exact) mass is 360 g/mol. The molecule has 3 rings (SSSR count). The van der Waals surface area contributed by atoms with Gasteiger partial charge in [-0.25, -0.2) is 0 Å². The van der Waals surface area contributed by atoms with Gasteiger partial charge in [0.2, 0.25) is 12.2 Å². The van der Waals surface area contributed by atoms with Gasteiger partial charge >= 0.3 is 5.82 Å². The van der Waals surface area contributed by atoms with E-state index in [9.17, 15) is 14.9 Å². The minimum Gasteiger partial charge on any atom is -0.497 e. The zero-order valence-electron chi connectivity index (χ0n) is 14.6. The molecule has 26 heavy (non-hydrogen) atoms. The Hall–Kier alpha value is -3.10. The highest BCUT2D eigenvalue weighted by molar-refractivity contribution is 5.77. The summed E-state index contributed by atoms with van der Waals surface area (Å²) in [5, 5.41) is 10.7. The molecule has 1 saturated heterocycles. The van der Waals surface area contributed by atoms with Gasteiger partial charge in [-0.1, -0.05) is 0 Å². The second-order valence-corrected chi connectivity index (χ2v) is 6.01. The van der Waals surface area contributed by atoms with Crippen molar-refractivity contribution in [3.05, 3.63) is 46.4 Å². The van der Waals surface area contributed by atoms with Crippen LogP contribution in [0.1, 0.15) is 24.4 Å². The molecule has 0 bridgehead atoms. The van der Waals surface area contributed by atoms with E-state index < -0.39 is 4.92 Å². The van der Waals surface area contributed by atoms with Gasteiger partial charge in [0.25, 0.3) is 0 Å². The lowest BCUT2D eigenvalue weighted by atomic mass is 10.0. The molecule has 1 amide bonds. The van der Waals surface area contributed by atoms with Crippen molar-refractivity contribution in [2.24, 2.45) is 0 Å². The van der Waals surface area contributed by atoms with E-state index in [0.29, 0.717) is 18.0 Å². The molecule has 138 valence electrons. The van der Waals surface area contributed by atoms with E-state index in [1.807, 2.05) is 18.2 Å². The lowest BCUT2D eigenvalue weighted by Crippen LogP contribution is -2.33. The maximum atomic E-state index is 12.8. The van der Waals surface area contributed by atoms with Crippen LogP contribution in [-0.4, -0.2) is 46.0 Å². The lowest BCUT2D eigenvalue weighted by molar-refractivity contribution is -0.389. The van der Waals surface area contributed by atoms with E-state index in [1.54, 1.807) is 19.1 Å². The second-order valence-electron chi connectivity index (χ2n) is 6.01. The predicted octanol–water partition coefficient (Wildman–Crippen LogP) is 2.17. The summed E-state index contributed by atoms with van der Waals surface area (Å²) in [4.78, 5) is 28.4. The highest BCUT2D eigenvalue weighted by Gasteiger charge is 2.32. The van der Waals surface area contributed by atoms with Gasteiger partial charge in [0.05, 0.1) is 20.3 Å². The number of hydrogen-bond donors (Lipinski definition) is 0. The van der Waals surface area contributed by atoms with Crippen LogP contribution in [0.2, 0.25) is 0 Å². The van der Waals surface area contributed by atoms with Crippen molar-refractivity contribution in [2.45, 2.75) is 25.4 Å². The van der Waals surface area contributed by atoms with Gasteiger partial charge in [-0.05, 0) is 40.9 Å². The molecular formula is C17H20N4O5. The van der Waals surface area contributed by atoms with Crippen LogP contribution in [0, 0.1) is 10.1 Å². The number of amides is 1. The molecule has 1 aromatic carbocycles. The normalized spacial score (nSPS) is 16.5. The number of carbonyl (C=O) groups is 1. The van der Waals surface area contributed by atoms with E-state index in [2.05, 4.69) is 4.98 Å². The number of hydrogen-bond acceptors (Lipinski definition) is 6. The summed E-state index contributed by atoms with van der Waals surface area (Å²) in [6, 6.07) is 5.41. The molecule has 1 aliphatic rings. The van der Waals surface area contributed by atoms with Crippen LogP contribution >= 0.6 is 0 Å². The zero-order valence-corrected chi connectivity index (χ0v) is 14.6. The summed E-state index contributed by atoms with van der Waals surface area (Å²) >= 11 is 0. The van der Waals surface area contributed by atoms with E-state index in [-0.39, 0.29) is 24.3 Å². The topological polar surface area (TPSA) is 99.7 Å². The Balaban J connectivity index is 1.81. The Morgan fingerprint density at radius 3 is 2.85 bits per heavy atom. The van der Waals surface area contributed by atoms with E-state index in [4.69, 9.17) is 9.47 Å². The average molecular weight is 360 g/mol. The minimum absolute atomic E-state index is 0.00360. The summed E-state index contributed by atoms with van der Waals surface area (Å²) in [6.07, 6.45) is 4.25. The van der Waals surface area contributed by atoms with Crippen molar-refractivity contribution in [2.75, 3.05) is 20.8 Å². The molecule has 2 aromatic rings. The Morgan fingerprint density at radius 1 is 1.38 bits per heavy atom. The number of nitrogens with zero attached hydrogens (tertiary/aromatic N) is 4. The molecule has 9 heteroatoms. The molecular weight excluding hydrogens is 340 g/mol. The standard InChI is InChI=1S/C17H20N4O5/c1-25-12-5-6-15(26-2)13(8-12)14-4-3-7-20(14)17(22)10-19-9-16(18-11-19)21(23)24/h5-6,8-9,11,14H,3-4,7,10H2,1-2H3/t14-/m1/s1. The third-order valence-corrected chi connectivity index (χ3v) is 4.49. The largest absolute Gasteiger partial charge is 0.497 e. The summed E-state index contributed by atoms with van der Waals surface area (Å²) in [5.41, 5.74) is 0.898. The number of rotatable bonds is 6. The fourth-order valence-corrected chi connectivity index (χ4v) is 3.26. The van der Waals surface area contributed by atoms with Crippen molar-refractivity contribution >= 4 is 11.7 Å². The number of benzene rings is 1. The van der Waals surface area contributed by atoms with Gasteiger partial charge < -0.3 is 29.1 Å². The van der Waals surface area contributed by atoms with E-state index in [1.165, 1.54) is 17.1 Å². The summed E-state index contributed by atoms with van der Waals surface area (Å²) in [5.74, 6) is 1.01. The highest BCUT2D eigenvalue weighted by atomic mass is 16.6. The average Bonchev–Trinajstić information content (AvgIpc) is 3.30. The molecule has 1 atom stereocenters. The van der Waals surface area contributed by atoms with Crippen molar-refractivity contribution in [1.29, 1.82) is 0 Å². The van der Waals surface area contributed by atoms with Crippen LogP contribution < -0.4 is 9.47 Å². The van der Waals surface area contributed by atoms with Gasteiger partial charge in [0, 0.05) is 12.1 Å². The zero-order chi connectivity index (χ0) is 18.7. The molecule has 0 aliphatic carbocycles. The smallest absolute Gasteiger partial charge is 0.381 e. The number of methoxy groups -OCH3 is 2. The van der Waals surface area contributed by atoms with Gasteiger partial charge in [0.15, 0.2) is 0 Å². The molecule has 2 heterocycles. The predicted molar refractivity (Wildman–Crippen MR) is 92.1 cm³/mol. The molecule has 0 spiro atoms. The molecule has 1 aromatic heterocycles. The van der Waals surface area contributed by atoms with Crippen LogP contribution in [0.4, 0.5) is 5.82 Å². The number of nitro groups is 1. The van der Waals surface area contributed by atoms with Crippen molar-refractivity contribution in [3.63, 3.8) is 0 Å². The second kappa shape index (κ2) is 7.42. The van der Waals surface area contributed by atoms with Crippen molar-refractivity contribution < 1.29 is 19.2 Å². The summed E-state index contributed by atoms with van der Waals surface area (Å²) in [6.45, 7) is 0.629. The number of carbonyl (C=O) groups excluding carboxylic acids is 1. The molecule has 0 saturated carbocycles. The van der Waals surface area contributed by atoms with Gasteiger partial charge in [-0.15, -0.1) is 0 Å². The Bertz CT molecular complexity index is 819. The van der Waals surface area contributed by atoms with Gasteiger partial charge in [0.1, 0.15) is 24.2 Å². The fourth-order valence-electron chi connectivity index (χ4n) is 3.26. The van der Waals surface area contributed by atoms with E-state index >= 15 is 0 Å². The minimum atomic E-state index is -0.583. The number of aromatic nitrogens is 2. The fraction of sp³-hybridized carbons (Fsp3) is 0.412. The first-order valence-electron chi connectivity index (χ1n) is 8.21. The summed E-state index contributed by atoms with van der Waals surface area (Å²) in [7, 11) is 3.19. The lowest BCUT2D eigenvalue weighted by Gasteiger charge is -2.26. The van der Waals surface area contributed by atoms with Gasteiger partial charge in [-0.2, -0.15) is 0 Å². The maximum absolute atomic E-state index is 12.8. The maximum Gasteiger partial charge on any atom is 0.381 e. The SMILES string of the molecule is COc1ccc(OC)c([C@H]2CCCN2C(=O)Cn2cnc([N+](=O)[O-])c2)c1. The molecule has 9 nitrogen and oxygen atoms in total. The Kier molecular flexibility index (Phi) is 5.06. The van der Waals surface area contributed by atoms with Crippen LogP contribution in [0.5, 0.6) is 11.5 Å². The number of ether oxygens (including phenoxy) is 2.